The first kappa shape index (κ1) is 30.0. The van der Waals surface area contributed by atoms with Crippen LogP contribution in [0.3, 0.4) is 0 Å². The number of nitrogens with one attached hydrogen (secondary N) is 1. The number of ether oxygens (including phenoxy) is 1. The maximum absolute atomic E-state index is 13.9. The van der Waals surface area contributed by atoms with Gasteiger partial charge in [0.1, 0.15) is 18.3 Å². The summed E-state index contributed by atoms with van der Waals surface area (Å²) in [6, 6.07) is 20.3. The van der Waals surface area contributed by atoms with Crippen molar-refractivity contribution in [2.45, 2.75) is 50.7 Å². The lowest BCUT2D eigenvalue weighted by atomic mass is 10.1. The fourth-order valence-corrected chi connectivity index (χ4v) is 5.53. The van der Waals surface area contributed by atoms with Crippen LogP contribution in [0.5, 0.6) is 5.75 Å². The molecule has 10 heteroatoms. The van der Waals surface area contributed by atoms with Crippen molar-refractivity contribution in [1.82, 2.24) is 10.2 Å². The van der Waals surface area contributed by atoms with E-state index in [2.05, 4.69) is 5.32 Å². The largest absolute Gasteiger partial charge is 0.497 e. The van der Waals surface area contributed by atoms with Gasteiger partial charge in [-0.3, -0.25) is 13.9 Å². The van der Waals surface area contributed by atoms with Gasteiger partial charge in [-0.05, 0) is 81.8 Å². The molecule has 208 valence electrons. The number of carbonyl (C=O) groups excluding carboxylic acids is 2. The number of halogens is 1. The Morgan fingerprint density at radius 3 is 2.18 bits per heavy atom. The maximum Gasteiger partial charge on any atom is 0.264 e. The van der Waals surface area contributed by atoms with Crippen LogP contribution in [-0.4, -0.2) is 50.4 Å². The van der Waals surface area contributed by atoms with Gasteiger partial charge in [-0.1, -0.05) is 41.9 Å². The summed E-state index contributed by atoms with van der Waals surface area (Å²) in [5.41, 5.74) is 0.456. The van der Waals surface area contributed by atoms with E-state index in [9.17, 15) is 18.0 Å². The number of carbonyl (C=O) groups is 2. The predicted molar refractivity (Wildman–Crippen MR) is 153 cm³/mol. The minimum Gasteiger partial charge on any atom is -0.497 e. The van der Waals surface area contributed by atoms with Crippen molar-refractivity contribution in [3.8, 4) is 5.75 Å². The highest BCUT2D eigenvalue weighted by Crippen LogP contribution is 2.26. The number of rotatable bonds is 10. The Labute approximate surface area is 235 Å². The van der Waals surface area contributed by atoms with Gasteiger partial charge < -0.3 is 15.0 Å². The van der Waals surface area contributed by atoms with Crippen molar-refractivity contribution in [1.29, 1.82) is 0 Å². The first-order valence-corrected chi connectivity index (χ1v) is 14.2. The molecular weight excluding hydrogens is 538 g/mol. The number of amides is 2. The average Bonchev–Trinajstić information content (AvgIpc) is 2.89. The molecule has 1 N–H and O–H groups in total. The fourth-order valence-electron chi connectivity index (χ4n) is 3.89. The molecule has 0 spiro atoms. The van der Waals surface area contributed by atoms with Crippen LogP contribution < -0.4 is 14.4 Å². The molecule has 0 saturated carbocycles. The second kappa shape index (κ2) is 12.5. The standard InChI is InChI=1S/C29H34ClN3O5S/c1-21(28(35)31-29(2,3)4)32(19-22-10-9-11-23(30)18-22)27(34)20-33(24-14-16-25(38-5)17-15-24)39(36,37)26-12-7-6-8-13-26/h6-18,21H,19-20H2,1-5H3,(H,31,35)/t21-/m1/s1. The molecule has 8 nitrogen and oxygen atoms in total. The zero-order chi connectivity index (χ0) is 28.8. The Morgan fingerprint density at radius 1 is 0.974 bits per heavy atom. The second-order valence-electron chi connectivity index (χ2n) is 10.1. The SMILES string of the molecule is COc1ccc(N(CC(=O)N(Cc2cccc(Cl)c2)[C@H](C)C(=O)NC(C)(C)C)S(=O)(=O)c2ccccc2)cc1. The Morgan fingerprint density at radius 2 is 1.62 bits per heavy atom. The van der Waals surface area contributed by atoms with E-state index in [1.165, 1.54) is 24.1 Å². The van der Waals surface area contributed by atoms with Crippen LogP contribution in [0.4, 0.5) is 5.69 Å². The summed E-state index contributed by atoms with van der Waals surface area (Å²) < 4.78 is 33.8. The van der Waals surface area contributed by atoms with E-state index in [0.29, 0.717) is 16.3 Å². The summed E-state index contributed by atoms with van der Waals surface area (Å²) in [4.78, 5) is 28.4. The van der Waals surface area contributed by atoms with E-state index in [0.717, 1.165) is 4.31 Å². The summed E-state index contributed by atoms with van der Waals surface area (Å²) in [7, 11) is -2.62. The lowest BCUT2D eigenvalue weighted by Gasteiger charge is -2.33. The van der Waals surface area contributed by atoms with Gasteiger partial charge in [0.15, 0.2) is 0 Å². The first-order valence-electron chi connectivity index (χ1n) is 12.4. The number of benzene rings is 3. The highest BCUT2D eigenvalue weighted by Gasteiger charge is 2.33. The van der Waals surface area contributed by atoms with Gasteiger partial charge in [0.05, 0.1) is 17.7 Å². The Balaban J connectivity index is 2.03. The molecule has 0 heterocycles. The smallest absolute Gasteiger partial charge is 0.264 e. The third-order valence-electron chi connectivity index (χ3n) is 5.88. The normalized spacial score (nSPS) is 12.4. The van der Waals surface area contributed by atoms with E-state index in [1.54, 1.807) is 73.7 Å². The molecule has 39 heavy (non-hydrogen) atoms. The molecule has 3 rings (SSSR count). The van der Waals surface area contributed by atoms with E-state index in [4.69, 9.17) is 16.3 Å². The van der Waals surface area contributed by atoms with Crippen molar-refractivity contribution in [2.24, 2.45) is 0 Å². The molecule has 0 aromatic heterocycles. The van der Waals surface area contributed by atoms with Gasteiger partial charge >= 0.3 is 0 Å². The van der Waals surface area contributed by atoms with Crippen molar-refractivity contribution in [3.05, 3.63) is 89.4 Å². The van der Waals surface area contributed by atoms with Crippen LogP contribution in [0.2, 0.25) is 5.02 Å². The third-order valence-corrected chi connectivity index (χ3v) is 7.90. The maximum atomic E-state index is 13.9. The summed E-state index contributed by atoms with van der Waals surface area (Å²) in [6.07, 6.45) is 0. The predicted octanol–water partition coefficient (Wildman–Crippen LogP) is 4.88. The van der Waals surface area contributed by atoms with E-state index >= 15 is 0 Å². The molecule has 3 aromatic rings. The van der Waals surface area contributed by atoms with Crippen LogP contribution >= 0.6 is 11.6 Å². The van der Waals surface area contributed by atoms with Crippen molar-refractivity contribution in [3.63, 3.8) is 0 Å². The van der Waals surface area contributed by atoms with E-state index < -0.39 is 34.1 Å². The summed E-state index contributed by atoms with van der Waals surface area (Å²) in [5, 5.41) is 3.38. The van der Waals surface area contributed by atoms with Crippen LogP contribution in [0.15, 0.2) is 83.8 Å². The molecule has 0 aliphatic heterocycles. The number of hydrogen-bond donors (Lipinski definition) is 1. The van der Waals surface area contributed by atoms with Crippen molar-refractivity contribution < 1.29 is 22.7 Å². The quantitative estimate of drug-likeness (QED) is 0.374. The molecule has 0 aliphatic rings. The third kappa shape index (κ3) is 7.97. The van der Waals surface area contributed by atoms with Crippen molar-refractivity contribution >= 4 is 39.1 Å². The summed E-state index contributed by atoms with van der Waals surface area (Å²) >= 11 is 6.17. The molecule has 0 aliphatic carbocycles. The van der Waals surface area contributed by atoms with Gasteiger partial charge in [-0.2, -0.15) is 0 Å². The summed E-state index contributed by atoms with van der Waals surface area (Å²) in [5.74, 6) is -0.376. The Bertz CT molecular complexity index is 1390. The molecule has 2 amide bonds. The van der Waals surface area contributed by atoms with Crippen LogP contribution in [0, 0.1) is 0 Å². The van der Waals surface area contributed by atoms with Gasteiger partial charge in [-0.25, -0.2) is 8.42 Å². The van der Waals surface area contributed by atoms with Crippen LogP contribution in [0.1, 0.15) is 33.3 Å². The monoisotopic (exact) mass is 571 g/mol. The molecular formula is C29H34ClN3O5S. The van der Waals surface area contributed by atoms with Gasteiger partial charge in [0.25, 0.3) is 10.0 Å². The van der Waals surface area contributed by atoms with Gasteiger partial charge in [-0.15, -0.1) is 0 Å². The van der Waals surface area contributed by atoms with E-state index in [1.807, 2.05) is 20.8 Å². The first-order chi connectivity index (χ1) is 18.3. The zero-order valence-electron chi connectivity index (χ0n) is 22.7. The number of anilines is 1. The number of nitrogens with zero attached hydrogens (tertiary/aromatic N) is 2. The summed E-state index contributed by atoms with van der Waals surface area (Å²) in [6.45, 7) is 6.68. The van der Waals surface area contributed by atoms with Crippen LogP contribution in [0.25, 0.3) is 0 Å². The molecule has 1 atom stereocenters. The molecule has 0 saturated heterocycles. The zero-order valence-corrected chi connectivity index (χ0v) is 24.3. The minimum absolute atomic E-state index is 0.0357. The van der Waals surface area contributed by atoms with Crippen molar-refractivity contribution in [2.75, 3.05) is 18.0 Å². The Hall–Kier alpha value is -3.56. The van der Waals surface area contributed by atoms with Gasteiger partial charge in [0, 0.05) is 17.1 Å². The lowest BCUT2D eigenvalue weighted by Crippen LogP contribution is -2.54. The van der Waals surface area contributed by atoms with E-state index in [-0.39, 0.29) is 23.0 Å². The van der Waals surface area contributed by atoms with Gasteiger partial charge in [0.2, 0.25) is 11.8 Å². The fraction of sp³-hybridized carbons (Fsp3) is 0.310. The lowest BCUT2D eigenvalue weighted by molar-refractivity contribution is -0.140. The molecule has 3 aromatic carbocycles. The average molecular weight is 572 g/mol. The number of hydrogen-bond acceptors (Lipinski definition) is 5. The Kier molecular flexibility index (Phi) is 9.63. The number of methoxy groups -OCH3 is 1. The topological polar surface area (TPSA) is 96.0 Å². The number of sulfonamides is 1. The minimum atomic E-state index is -4.13. The molecule has 0 fully saturated rings. The highest BCUT2D eigenvalue weighted by molar-refractivity contribution is 7.92. The second-order valence-corrected chi connectivity index (χ2v) is 12.4. The molecule has 0 radical (unpaired) electrons. The molecule has 0 unspecified atom stereocenters. The van der Waals surface area contributed by atoms with Crippen LogP contribution in [-0.2, 0) is 26.2 Å². The highest BCUT2D eigenvalue weighted by atomic mass is 35.5. The molecule has 0 bridgehead atoms.